The second-order valence-electron chi connectivity index (χ2n) is 5.49. The van der Waals surface area contributed by atoms with Gasteiger partial charge in [-0.3, -0.25) is 0 Å². The summed E-state index contributed by atoms with van der Waals surface area (Å²) in [6.45, 7) is 4.82. The zero-order chi connectivity index (χ0) is 15.5. The molecule has 0 amide bonds. The van der Waals surface area contributed by atoms with Gasteiger partial charge in [0.05, 0.1) is 4.90 Å². The fourth-order valence-corrected chi connectivity index (χ4v) is 4.60. The van der Waals surface area contributed by atoms with Crippen LogP contribution in [0.3, 0.4) is 0 Å². The number of aryl methyl sites for hydroxylation is 1. The highest BCUT2D eigenvalue weighted by molar-refractivity contribution is 7.89. The molecular weight excluding hydrogens is 308 g/mol. The van der Waals surface area contributed by atoms with Gasteiger partial charge in [-0.05, 0) is 43.6 Å². The number of hydrogen-bond acceptors (Lipinski definition) is 3. The van der Waals surface area contributed by atoms with Crippen molar-refractivity contribution in [3.63, 3.8) is 0 Å². The summed E-state index contributed by atoms with van der Waals surface area (Å²) in [5.41, 5.74) is 1.71. The lowest BCUT2D eigenvalue weighted by Crippen LogP contribution is -2.35. The average Bonchev–Trinajstić information content (AvgIpc) is 2.71. The van der Waals surface area contributed by atoms with E-state index in [1.54, 1.807) is 10.4 Å². The Kier molecular flexibility index (Phi) is 5.66. The Hall–Kier alpha value is -0.620. The maximum absolute atomic E-state index is 13.0. The molecule has 0 bridgehead atoms. The molecular formula is C15H23ClN2O2S. The van der Waals surface area contributed by atoms with Gasteiger partial charge in [-0.15, -0.1) is 11.6 Å². The lowest BCUT2D eigenvalue weighted by Gasteiger charge is -2.22. The van der Waals surface area contributed by atoms with Gasteiger partial charge >= 0.3 is 0 Å². The van der Waals surface area contributed by atoms with E-state index in [-0.39, 0.29) is 0 Å². The van der Waals surface area contributed by atoms with Crippen LogP contribution in [-0.2, 0) is 22.3 Å². The van der Waals surface area contributed by atoms with Gasteiger partial charge in [0.2, 0.25) is 10.0 Å². The number of halogens is 1. The summed E-state index contributed by atoms with van der Waals surface area (Å²) in [7, 11) is -1.41. The number of nitrogens with zero attached hydrogens (tertiary/aromatic N) is 2. The number of sulfonamides is 1. The largest absolute Gasteiger partial charge is 0.305 e. The molecule has 1 aliphatic rings. The third-order valence-electron chi connectivity index (χ3n) is 3.96. The standard InChI is InChI=1S/C15H23ClN2O2S/c1-3-14-6-5-13(12-16)11-15(14)21(19,20)18-8-4-7-17(2)9-10-18/h5-6,11H,3-4,7-10,12H2,1-2H3. The van der Waals surface area contributed by atoms with Crippen LogP contribution < -0.4 is 0 Å². The van der Waals surface area contributed by atoms with E-state index in [4.69, 9.17) is 11.6 Å². The molecule has 6 heteroatoms. The molecule has 0 spiro atoms. The van der Waals surface area contributed by atoms with Crippen molar-refractivity contribution in [3.05, 3.63) is 29.3 Å². The van der Waals surface area contributed by atoms with E-state index in [1.165, 1.54) is 0 Å². The van der Waals surface area contributed by atoms with Crippen LogP contribution in [0.5, 0.6) is 0 Å². The van der Waals surface area contributed by atoms with Gasteiger partial charge in [-0.25, -0.2) is 8.42 Å². The number of likely N-dealkylation sites (N-methyl/N-ethyl adjacent to an activating group) is 1. The minimum atomic E-state index is -3.44. The highest BCUT2D eigenvalue weighted by atomic mass is 35.5. The van der Waals surface area contributed by atoms with Crippen molar-refractivity contribution in [2.45, 2.75) is 30.5 Å². The second kappa shape index (κ2) is 7.09. The summed E-state index contributed by atoms with van der Waals surface area (Å²) in [4.78, 5) is 2.60. The predicted molar refractivity (Wildman–Crippen MR) is 86.2 cm³/mol. The highest BCUT2D eigenvalue weighted by Crippen LogP contribution is 2.24. The van der Waals surface area contributed by atoms with Gasteiger partial charge in [0.1, 0.15) is 0 Å². The fourth-order valence-electron chi connectivity index (χ4n) is 2.62. The van der Waals surface area contributed by atoms with E-state index in [1.807, 2.05) is 26.1 Å². The number of alkyl halides is 1. The molecule has 1 aliphatic heterocycles. The topological polar surface area (TPSA) is 40.6 Å². The van der Waals surface area contributed by atoms with Crippen molar-refractivity contribution in [3.8, 4) is 0 Å². The maximum Gasteiger partial charge on any atom is 0.243 e. The van der Waals surface area contributed by atoms with Gasteiger partial charge in [-0.1, -0.05) is 19.1 Å². The third-order valence-corrected chi connectivity index (χ3v) is 6.25. The van der Waals surface area contributed by atoms with Crippen molar-refractivity contribution in [2.24, 2.45) is 0 Å². The molecule has 0 aromatic heterocycles. The third kappa shape index (κ3) is 3.77. The van der Waals surface area contributed by atoms with Crippen molar-refractivity contribution in [1.29, 1.82) is 0 Å². The predicted octanol–water partition coefficient (Wildman–Crippen LogP) is 2.31. The summed E-state index contributed by atoms with van der Waals surface area (Å²) >= 11 is 5.86. The van der Waals surface area contributed by atoms with E-state index in [2.05, 4.69) is 4.90 Å². The molecule has 118 valence electrons. The van der Waals surface area contributed by atoms with Gasteiger partial charge in [0.15, 0.2) is 0 Å². The molecule has 1 fully saturated rings. The molecule has 1 aromatic rings. The van der Waals surface area contributed by atoms with Gasteiger partial charge < -0.3 is 4.90 Å². The molecule has 2 rings (SSSR count). The normalized spacial score (nSPS) is 18.6. The smallest absolute Gasteiger partial charge is 0.243 e. The first-order chi connectivity index (χ1) is 9.98. The Morgan fingerprint density at radius 2 is 1.95 bits per heavy atom. The molecule has 0 radical (unpaired) electrons. The zero-order valence-electron chi connectivity index (χ0n) is 12.7. The van der Waals surface area contributed by atoms with E-state index in [0.29, 0.717) is 30.3 Å². The molecule has 0 N–H and O–H groups in total. The Labute approximate surface area is 132 Å². The lowest BCUT2D eigenvalue weighted by atomic mass is 10.1. The molecule has 0 unspecified atom stereocenters. The van der Waals surface area contributed by atoms with Crippen LogP contribution in [0.25, 0.3) is 0 Å². The lowest BCUT2D eigenvalue weighted by molar-refractivity contribution is 0.347. The number of rotatable bonds is 4. The van der Waals surface area contributed by atoms with E-state index < -0.39 is 10.0 Å². The van der Waals surface area contributed by atoms with E-state index in [0.717, 1.165) is 30.6 Å². The minimum Gasteiger partial charge on any atom is -0.305 e. The van der Waals surface area contributed by atoms with Crippen molar-refractivity contribution < 1.29 is 8.42 Å². The Morgan fingerprint density at radius 3 is 2.62 bits per heavy atom. The van der Waals surface area contributed by atoms with Crippen LogP contribution in [-0.4, -0.2) is 50.8 Å². The summed E-state index contributed by atoms with van der Waals surface area (Å²) in [6, 6.07) is 5.52. The number of benzene rings is 1. The Morgan fingerprint density at radius 1 is 1.19 bits per heavy atom. The van der Waals surface area contributed by atoms with Gasteiger partial charge in [0.25, 0.3) is 0 Å². The monoisotopic (exact) mass is 330 g/mol. The summed E-state index contributed by atoms with van der Waals surface area (Å²) in [6.07, 6.45) is 1.57. The Bertz CT molecular complexity index is 589. The van der Waals surface area contributed by atoms with Crippen molar-refractivity contribution in [2.75, 3.05) is 33.2 Å². The van der Waals surface area contributed by atoms with Crippen LogP contribution in [0.4, 0.5) is 0 Å². The summed E-state index contributed by atoms with van der Waals surface area (Å²) in [5, 5.41) is 0. The molecule has 0 aliphatic carbocycles. The van der Waals surface area contributed by atoms with Crippen LogP contribution >= 0.6 is 11.6 Å². The van der Waals surface area contributed by atoms with Crippen LogP contribution in [0.2, 0.25) is 0 Å². The van der Waals surface area contributed by atoms with E-state index in [9.17, 15) is 8.42 Å². The molecule has 1 aromatic carbocycles. The second-order valence-corrected chi connectivity index (χ2v) is 7.66. The number of hydrogen-bond donors (Lipinski definition) is 0. The first kappa shape index (κ1) is 16.7. The van der Waals surface area contributed by atoms with E-state index >= 15 is 0 Å². The molecule has 0 atom stereocenters. The van der Waals surface area contributed by atoms with Crippen molar-refractivity contribution >= 4 is 21.6 Å². The molecule has 0 saturated carbocycles. The average molecular weight is 331 g/mol. The summed E-state index contributed by atoms with van der Waals surface area (Å²) < 4.78 is 27.5. The fraction of sp³-hybridized carbons (Fsp3) is 0.600. The molecule has 21 heavy (non-hydrogen) atoms. The SMILES string of the molecule is CCc1ccc(CCl)cc1S(=O)(=O)N1CCCN(C)CC1. The maximum atomic E-state index is 13.0. The zero-order valence-corrected chi connectivity index (χ0v) is 14.3. The van der Waals surface area contributed by atoms with Gasteiger partial charge in [-0.2, -0.15) is 4.31 Å². The Balaban J connectivity index is 2.38. The molecule has 4 nitrogen and oxygen atoms in total. The molecule has 1 heterocycles. The van der Waals surface area contributed by atoms with Crippen molar-refractivity contribution in [1.82, 2.24) is 9.21 Å². The quantitative estimate of drug-likeness (QED) is 0.795. The summed E-state index contributed by atoms with van der Waals surface area (Å²) in [5.74, 6) is 0.329. The first-order valence-electron chi connectivity index (χ1n) is 7.35. The first-order valence-corrected chi connectivity index (χ1v) is 9.33. The highest BCUT2D eigenvalue weighted by Gasteiger charge is 2.28. The minimum absolute atomic E-state index is 0.329. The van der Waals surface area contributed by atoms with Crippen LogP contribution in [0, 0.1) is 0 Å². The van der Waals surface area contributed by atoms with Gasteiger partial charge in [0, 0.05) is 25.5 Å². The molecule has 1 saturated heterocycles. The van der Waals surface area contributed by atoms with Crippen LogP contribution in [0.1, 0.15) is 24.5 Å². The van der Waals surface area contributed by atoms with Crippen LogP contribution in [0.15, 0.2) is 23.1 Å².